The van der Waals surface area contributed by atoms with Crippen molar-refractivity contribution in [2.75, 3.05) is 13.1 Å². The molecule has 0 aromatic carbocycles. The van der Waals surface area contributed by atoms with Gasteiger partial charge in [-0.2, -0.15) is 0 Å². The van der Waals surface area contributed by atoms with Gasteiger partial charge in [-0.15, -0.1) is 0 Å². The molecule has 0 fully saturated rings. The highest BCUT2D eigenvalue weighted by Crippen LogP contribution is 2.01. The highest BCUT2D eigenvalue weighted by atomic mass is 16.4. The van der Waals surface area contributed by atoms with Crippen molar-refractivity contribution in [2.24, 2.45) is 5.73 Å². The van der Waals surface area contributed by atoms with Crippen LogP contribution in [0.3, 0.4) is 0 Å². The Hall–Kier alpha value is -1.10. The highest BCUT2D eigenvalue weighted by molar-refractivity contribution is 5.80. The Morgan fingerprint density at radius 2 is 1.79 bits per heavy atom. The topological polar surface area (TPSA) is 92.4 Å². The summed E-state index contributed by atoms with van der Waals surface area (Å²) in [6.07, 6.45) is 4.18. The maximum absolute atomic E-state index is 11.0. The molecule has 0 aliphatic rings. The minimum Gasteiger partial charge on any atom is -0.480 e. The summed E-state index contributed by atoms with van der Waals surface area (Å²) in [6, 6.07) is 0. The van der Waals surface area contributed by atoms with Crippen LogP contribution in [0.5, 0.6) is 0 Å². The van der Waals surface area contributed by atoms with Crippen molar-refractivity contribution in [3.63, 3.8) is 0 Å². The molecule has 0 aliphatic carbocycles. The van der Waals surface area contributed by atoms with Crippen LogP contribution in [-0.4, -0.2) is 30.1 Å². The van der Waals surface area contributed by atoms with Crippen LogP contribution in [0.25, 0.3) is 0 Å². The number of unbranched alkanes of at least 4 members (excludes halogenated alkanes) is 3. The lowest BCUT2D eigenvalue weighted by atomic mass is 10.1. The molecule has 4 N–H and O–H groups in total. The molecule has 14 heavy (non-hydrogen) atoms. The number of hydrogen-bond acceptors (Lipinski definition) is 3. The lowest BCUT2D eigenvalue weighted by Crippen LogP contribution is -2.28. The van der Waals surface area contributed by atoms with E-state index in [0.717, 1.165) is 25.7 Å². The van der Waals surface area contributed by atoms with Crippen LogP contribution in [0.1, 0.15) is 32.1 Å². The molecule has 0 saturated carbocycles. The summed E-state index contributed by atoms with van der Waals surface area (Å²) in [4.78, 5) is 21.1. The Balaban J connectivity index is 3.22. The monoisotopic (exact) mass is 202 g/mol. The van der Waals surface area contributed by atoms with Crippen LogP contribution < -0.4 is 11.1 Å². The number of amides is 1. The number of carboxylic acid groups (broad SMARTS) is 1. The first-order valence-corrected chi connectivity index (χ1v) is 4.85. The number of nitrogens with one attached hydrogen (secondary N) is 1. The van der Waals surface area contributed by atoms with Gasteiger partial charge in [0.15, 0.2) is 0 Å². The van der Waals surface area contributed by atoms with Crippen LogP contribution in [0, 0.1) is 0 Å². The van der Waals surface area contributed by atoms with E-state index < -0.39 is 5.97 Å². The molecule has 0 radical (unpaired) electrons. The molecule has 0 spiro atoms. The van der Waals surface area contributed by atoms with E-state index in [9.17, 15) is 9.59 Å². The zero-order chi connectivity index (χ0) is 10.8. The maximum atomic E-state index is 11.0. The molecular formula is C9H18N2O3. The largest absolute Gasteiger partial charge is 0.480 e. The van der Waals surface area contributed by atoms with Crippen LogP contribution in [0.4, 0.5) is 0 Å². The minimum absolute atomic E-state index is 0.194. The third-order valence-electron chi connectivity index (χ3n) is 1.79. The zero-order valence-electron chi connectivity index (χ0n) is 8.29. The van der Waals surface area contributed by atoms with Gasteiger partial charge in [0.05, 0.1) is 0 Å². The average Bonchev–Trinajstić information content (AvgIpc) is 2.14. The maximum Gasteiger partial charge on any atom is 0.322 e. The number of carbonyl (C=O) groups is 2. The quantitative estimate of drug-likeness (QED) is 0.486. The summed E-state index contributed by atoms with van der Waals surface area (Å²) < 4.78 is 0. The molecule has 0 unspecified atom stereocenters. The molecule has 0 saturated heterocycles. The second-order valence-corrected chi connectivity index (χ2v) is 3.12. The summed E-state index contributed by atoms with van der Waals surface area (Å²) in [7, 11) is 0. The van der Waals surface area contributed by atoms with Crippen LogP contribution in [0.2, 0.25) is 0 Å². The van der Waals surface area contributed by atoms with Gasteiger partial charge in [0.25, 0.3) is 0 Å². The van der Waals surface area contributed by atoms with E-state index in [1.165, 1.54) is 0 Å². The summed E-state index contributed by atoms with van der Waals surface area (Å²) >= 11 is 0. The molecule has 0 heterocycles. The van der Waals surface area contributed by atoms with E-state index in [4.69, 9.17) is 10.8 Å². The molecule has 5 heteroatoms. The lowest BCUT2D eigenvalue weighted by Gasteiger charge is -2.01. The predicted molar refractivity (Wildman–Crippen MR) is 52.8 cm³/mol. The predicted octanol–water partition coefficient (Wildman–Crippen LogP) is 0.0964. The Morgan fingerprint density at radius 1 is 1.14 bits per heavy atom. The second kappa shape index (κ2) is 8.50. The van der Waals surface area contributed by atoms with Gasteiger partial charge >= 0.3 is 5.97 Å². The number of carbonyl (C=O) groups excluding carboxylic acids is 1. The van der Waals surface area contributed by atoms with Crippen molar-refractivity contribution in [3.05, 3.63) is 0 Å². The van der Waals surface area contributed by atoms with Crippen molar-refractivity contribution in [2.45, 2.75) is 32.1 Å². The van der Waals surface area contributed by atoms with Crippen molar-refractivity contribution < 1.29 is 14.7 Å². The Labute approximate surface area is 83.7 Å². The fourth-order valence-electron chi connectivity index (χ4n) is 1.05. The normalized spacial score (nSPS) is 9.79. The molecule has 0 bridgehead atoms. The number of rotatable bonds is 8. The van der Waals surface area contributed by atoms with Crippen LogP contribution in [-0.2, 0) is 9.59 Å². The van der Waals surface area contributed by atoms with Gasteiger partial charge in [-0.05, 0) is 19.4 Å². The van der Waals surface area contributed by atoms with E-state index in [-0.39, 0.29) is 12.5 Å². The van der Waals surface area contributed by atoms with Gasteiger partial charge in [-0.3, -0.25) is 9.59 Å². The molecule has 82 valence electrons. The van der Waals surface area contributed by atoms with Crippen LogP contribution in [0.15, 0.2) is 0 Å². The van der Waals surface area contributed by atoms with Gasteiger partial charge in [0, 0.05) is 6.42 Å². The molecular weight excluding hydrogens is 184 g/mol. The van der Waals surface area contributed by atoms with E-state index in [1.54, 1.807) is 0 Å². The fraction of sp³-hybridized carbons (Fsp3) is 0.778. The number of aliphatic carboxylic acids is 1. The molecule has 0 aromatic heterocycles. The Kier molecular flexibility index (Phi) is 7.83. The fourth-order valence-corrected chi connectivity index (χ4v) is 1.05. The van der Waals surface area contributed by atoms with Crippen LogP contribution >= 0.6 is 0 Å². The van der Waals surface area contributed by atoms with E-state index in [0.29, 0.717) is 13.0 Å². The van der Waals surface area contributed by atoms with Crippen molar-refractivity contribution in [3.8, 4) is 0 Å². The third kappa shape index (κ3) is 8.99. The number of nitrogens with two attached hydrogens (primary N) is 1. The Bertz CT molecular complexity index is 183. The average molecular weight is 202 g/mol. The van der Waals surface area contributed by atoms with Gasteiger partial charge in [-0.1, -0.05) is 12.8 Å². The van der Waals surface area contributed by atoms with Crippen molar-refractivity contribution >= 4 is 11.9 Å². The van der Waals surface area contributed by atoms with Gasteiger partial charge in [0.2, 0.25) is 5.91 Å². The summed E-state index contributed by atoms with van der Waals surface area (Å²) in [5.74, 6) is -1.21. The number of hydrogen-bond donors (Lipinski definition) is 3. The molecule has 0 rings (SSSR count). The van der Waals surface area contributed by atoms with Gasteiger partial charge < -0.3 is 16.2 Å². The molecule has 1 amide bonds. The first kappa shape index (κ1) is 12.9. The SMILES string of the molecule is NCCCCCCC(=O)NCC(=O)O. The standard InChI is InChI=1S/C9H18N2O3/c10-6-4-2-1-3-5-8(12)11-7-9(13)14/h1-7,10H2,(H,11,12)(H,13,14). The number of carboxylic acids is 1. The van der Waals surface area contributed by atoms with Crippen molar-refractivity contribution in [1.82, 2.24) is 5.32 Å². The highest BCUT2D eigenvalue weighted by Gasteiger charge is 2.02. The van der Waals surface area contributed by atoms with Crippen molar-refractivity contribution in [1.29, 1.82) is 0 Å². The molecule has 0 aliphatic heterocycles. The first-order chi connectivity index (χ1) is 6.66. The molecule has 0 atom stereocenters. The van der Waals surface area contributed by atoms with E-state index in [1.807, 2.05) is 0 Å². The van der Waals surface area contributed by atoms with E-state index >= 15 is 0 Å². The zero-order valence-corrected chi connectivity index (χ0v) is 8.29. The van der Waals surface area contributed by atoms with E-state index in [2.05, 4.69) is 5.32 Å². The smallest absolute Gasteiger partial charge is 0.322 e. The summed E-state index contributed by atoms with van der Waals surface area (Å²) in [5.41, 5.74) is 5.31. The second-order valence-electron chi connectivity index (χ2n) is 3.12. The third-order valence-corrected chi connectivity index (χ3v) is 1.79. The van der Waals surface area contributed by atoms with Gasteiger partial charge in [-0.25, -0.2) is 0 Å². The molecule has 5 nitrogen and oxygen atoms in total. The van der Waals surface area contributed by atoms with Gasteiger partial charge in [0.1, 0.15) is 6.54 Å². The Morgan fingerprint density at radius 3 is 2.36 bits per heavy atom. The minimum atomic E-state index is -1.01. The summed E-state index contributed by atoms with van der Waals surface area (Å²) in [5, 5.41) is 10.6. The lowest BCUT2D eigenvalue weighted by molar-refractivity contribution is -0.137. The first-order valence-electron chi connectivity index (χ1n) is 4.85. The molecule has 0 aromatic rings. The summed E-state index contributed by atoms with van der Waals surface area (Å²) in [6.45, 7) is 0.396.